The molecule has 0 amide bonds. The van der Waals surface area contributed by atoms with Gasteiger partial charge >= 0.3 is 5.97 Å². The molecule has 0 spiro atoms. The Morgan fingerprint density at radius 1 is 1.38 bits per heavy atom. The Labute approximate surface area is 149 Å². The summed E-state index contributed by atoms with van der Waals surface area (Å²) in [4.78, 5) is 13.3. The summed E-state index contributed by atoms with van der Waals surface area (Å²) in [6, 6.07) is 4.50. The number of hydrogen-bond donors (Lipinski definition) is 1. The van der Waals surface area contributed by atoms with Gasteiger partial charge in [-0.05, 0) is 50.4 Å². The number of carbonyl (C=O) groups is 1. The number of aliphatic carboxylic acids is 1. The molecule has 5 nitrogen and oxygen atoms in total. The van der Waals surface area contributed by atoms with Crippen LogP contribution < -0.4 is 0 Å². The van der Waals surface area contributed by atoms with Crippen molar-refractivity contribution in [3.8, 4) is 0 Å². The van der Waals surface area contributed by atoms with Gasteiger partial charge in [-0.15, -0.1) is 0 Å². The Bertz CT molecular complexity index is 822. The second-order valence-electron chi connectivity index (χ2n) is 7.68. The number of nitrogens with zero attached hydrogens (tertiary/aromatic N) is 2. The fourth-order valence-corrected chi connectivity index (χ4v) is 4.00. The summed E-state index contributed by atoms with van der Waals surface area (Å²) >= 11 is 0. The molecule has 2 aromatic rings. The van der Waals surface area contributed by atoms with E-state index < -0.39 is 11.9 Å². The number of aromatic nitrogens is 1. The number of halogens is 2. The molecule has 1 saturated heterocycles. The van der Waals surface area contributed by atoms with Crippen LogP contribution in [0.15, 0.2) is 22.7 Å². The van der Waals surface area contributed by atoms with E-state index in [0.29, 0.717) is 5.58 Å². The fourth-order valence-electron chi connectivity index (χ4n) is 4.00. The van der Waals surface area contributed by atoms with Gasteiger partial charge in [0.05, 0.1) is 11.6 Å². The first-order valence-electron chi connectivity index (χ1n) is 9.05. The summed E-state index contributed by atoms with van der Waals surface area (Å²) in [6.45, 7) is 3.51. The van der Waals surface area contributed by atoms with E-state index in [-0.39, 0.29) is 23.3 Å². The van der Waals surface area contributed by atoms with Crippen LogP contribution in [-0.4, -0.2) is 40.8 Å². The molecule has 1 aliphatic carbocycles. The van der Waals surface area contributed by atoms with Gasteiger partial charge in [0.1, 0.15) is 0 Å². The van der Waals surface area contributed by atoms with E-state index in [1.54, 1.807) is 6.07 Å². The monoisotopic (exact) mass is 364 g/mol. The number of alkyl halides is 2. The molecule has 1 aromatic carbocycles. The molecule has 0 radical (unpaired) electrons. The summed E-state index contributed by atoms with van der Waals surface area (Å²) < 4.78 is 32.3. The Balaban J connectivity index is 1.41. The maximum Gasteiger partial charge on any atom is 0.306 e. The predicted octanol–water partition coefficient (Wildman–Crippen LogP) is 3.84. The first kappa shape index (κ1) is 17.4. The third-order valence-corrected chi connectivity index (χ3v) is 5.71. The minimum absolute atomic E-state index is 0.0695. The van der Waals surface area contributed by atoms with Gasteiger partial charge in [0.2, 0.25) is 0 Å². The average Bonchev–Trinajstić information content (AvgIpc) is 3.23. The molecule has 140 valence electrons. The highest BCUT2D eigenvalue weighted by atomic mass is 19.3. The van der Waals surface area contributed by atoms with Crippen LogP contribution >= 0.6 is 0 Å². The van der Waals surface area contributed by atoms with Crippen LogP contribution in [0.3, 0.4) is 0 Å². The van der Waals surface area contributed by atoms with Crippen molar-refractivity contribution in [2.75, 3.05) is 19.6 Å². The average molecular weight is 364 g/mol. The second kappa shape index (κ2) is 6.30. The number of carboxylic acids is 1. The molecular formula is C19H22F2N2O3. The third kappa shape index (κ3) is 3.32. The van der Waals surface area contributed by atoms with E-state index in [9.17, 15) is 13.6 Å². The molecule has 1 aromatic heterocycles. The summed E-state index contributed by atoms with van der Waals surface area (Å²) in [5, 5.41) is 14.0. The normalized spacial score (nSPS) is 24.9. The van der Waals surface area contributed by atoms with Crippen molar-refractivity contribution in [1.29, 1.82) is 0 Å². The summed E-state index contributed by atoms with van der Waals surface area (Å²) in [6.07, 6.45) is 2.61. The van der Waals surface area contributed by atoms with E-state index in [0.717, 1.165) is 56.9 Å². The zero-order chi connectivity index (χ0) is 18.5. The number of benzene rings is 1. The van der Waals surface area contributed by atoms with Crippen molar-refractivity contribution in [1.82, 2.24) is 10.1 Å². The van der Waals surface area contributed by atoms with E-state index in [1.807, 2.05) is 0 Å². The van der Waals surface area contributed by atoms with Crippen molar-refractivity contribution >= 4 is 16.9 Å². The van der Waals surface area contributed by atoms with Crippen LogP contribution in [-0.2, 0) is 10.7 Å². The van der Waals surface area contributed by atoms with Crippen molar-refractivity contribution in [2.45, 2.75) is 38.0 Å². The lowest BCUT2D eigenvalue weighted by Gasteiger charge is -2.31. The van der Waals surface area contributed by atoms with Crippen LogP contribution in [0.1, 0.15) is 43.4 Å². The second-order valence-corrected chi connectivity index (χ2v) is 7.68. The van der Waals surface area contributed by atoms with Gasteiger partial charge in [0.15, 0.2) is 5.58 Å². The number of likely N-dealkylation sites (tertiary alicyclic amines) is 1. The summed E-state index contributed by atoms with van der Waals surface area (Å²) in [7, 11) is 0. The minimum Gasteiger partial charge on any atom is -0.481 e. The molecule has 2 heterocycles. The van der Waals surface area contributed by atoms with Gasteiger partial charge in [-0.2, -0.15) is 0 Å². The Morgan fingerprint density at radius 2 is 2.12 bits per heavy atom. The zero-order valence-corrected chi connectivity index (χ0v) is 14.6. The van der Waals surface area contributed by atoms with Crippen LogP contribution in [0, 0.1) is 11.8 Å². The third-order valence-electron chi connectivity index (χ3n) is 5.71. The molecule has 1 saturated carbocycles. The molecule has 0 unspecified atom stereocenters. The number of rotatable bonds is 5. The van der Waals surface area contributed by atoms with Gasteiger partial charge in [-0.3, -0.25) is 4.79 Å². The Kier molecular flexibility index (Phi) is 4.22. The highest BCUT2D eigenvalue weighted by molar-refractivity contribution is 5.80. The van der Waals surface area contributed by atoms with Crippen LogP contribution in [0.4, 0.5) is 8.78 Å². The minimum atomic E-state index is -2.90. The van der Waals surface area contributed by atoms with Gasteiger partial charge in [0.25, 0.3) is 5.92 Å². The van der Waals surface area contributed by atoms with E-state index in [1.165, 1.54) is 12.1 Å². The van der Waals surface area contributed by atoms with Crippen LogP contribution in [0.2, 0.25) is 0 Å². The molecule has 1 aliphatic heterocycles. The van der Waals surface area contributed by atoms with Crippen LogP contribution in [0.5, 0.6) is 0 Å². The Hall–Kier alpha value is -2.02. The first-order valence-corrected chi connectivity index (χ1v) is 9.05. The molecule has 4 rings (SSSR count). The Morgan fingerprint density at radius 3 is 2.73 bits per heavy atom. The standard InChI is InChI=1S/C19H22F2N2O3/c1-19(20,21)13-2-3-14-16(9-13)26-22-17(14)11-4-6-23(7-5-11)10-12-8-15(12)18(24)25/h2-3,9,11-12,15H,4-8,10H2,1H3,(H,24,25)/t12-,15+/m0/s1. The van der Waals surface area contributed by atoms with Crippen molar-refractivity contribution < 1.29 is 23.2 Å². The quantitative estimate of drug-likeness (QED) is 0.873. The van der Waals surface area contributed by atoms with Crippen molar-refractivity contribution in [2.24, 2.45) is 11.8 Å². The van der Waals surface area contributed by atoms with Crippen LogP contribution in [0.25, 0.3) is 11.0 Å². The molecule has 26 heavy (non-hydrogen) atoms. The number of carboxylic acid groups (broad SMARTS) is 1. The van der Waals surface area contributed by atoms with Crippen molar-refractivity contribution in [3.05, 3.63) is 29.5 Å². The molecule has 2 fully saturated rings. The maximum absolute atomic E-state index is 13.5. The maximum atomic E-state index is 13.5. The molecule has 0 bridgehead atoms. The fraction of sp³-hybridized carbons (Fsp3) is 0.579. The van der Waals surface area contributed by atoms with Gasteiger partial charge in [-0.25, -0.2) is 8.78 Å². The topological polar surface area (TPSA) is 66.6 Å². The first-order chi connectivity index (χ1) is 12.3. The molecule has 2 atom stereocenters. The largest absolute Gasteiger partial charge is 0.481 e. The highest BCUT2D eigenvalue weighted by Crippen LogP contribution is 2.41. The SMILES string of the molecule is CC(F)(F)c1ccc2c(C3CCN(C[C@@H]4C[C@H]4C(=O)O)CC3)noc2c1. The molecular weight excluding hydrogens is 342 g/mol. The molecule has 2 aliphatic rings. The lowest BCUT2D eigenvalue weighted by Crippen LogP contribution is -2.35. The predicted molar refractivity (Wildman–Crippen MR) is 91.2 cm³/mol. The number of hydrogen-bond acceptors (Lipinski definition) is 4. The lowest BCUT2D eigenvalue weighted by atomic mass is 9.91. The van der Waals surface area contributed by atoms with Gasteiger partial charge in [0, 0.05) is 30.3 Å². The summed E-state index contributed by atoms with van der Waals surface area (Å²) in [5.41, 5.74) is 1.18. The number of piperidine rings is 1. The van der Waals surface area contributed by atoms with Crippen molar-refractivity contribution in [3.63, 3.8) is 0 Å². The molecule has 7 heteroatoms. The summed E-state index contributed by atoms with van der Waals surface area (Å²) in [5.74, 6) is -3.22. The lowest BCUT2D eigenvalue weighted by molar-refractivity contribution is -0.138. The molecule has 1 N–H and O–H groups in total. The van der Waals surface area contributed by atoms with E-state index >= 15 is 0 Å². The van der Waals surface area contributed by atoms with Gasteiger partial charge in [-0.1, -0.05) is 11.2 Å². The number of fused-ring (bicyclic) bond motifs is 1. The van der Waals surface area contributed by atoms with E-state index in [2.05, 4.69) is 10.1 Å². The van der Waals surface area contributed by atoms with Gasteiger partial charge < -0.3 is 14.5 Å². The van der Waals surface area contributed by atoms with E-state index in [4.69, 9.17) is 9.63 Å². The zero-order valence-electron chi connectivity index (χ0n) is 14.6. The highest BCUT2D eigenvalue weighted by Gasteiger charge is 2.44. The smallest absolute Gasteiger partial charge is 0.306 e.